The molecular formula is C23H23N2O3+. The van der Waals surface area contributed by atoms with Crippen LogP contribution in [0.3, 0.4) is 0 Å². The van der Waals surface area contributed by atoms with Crippen LogP contribution in [-0.4, -0.2) is 26.3 Å². The van der Waals surface area contributed by atoms with E-state index in [0.717, 1.165) is 45.3 Å². The van der Waals surface area contributed by atoms with Crippen LogP contribution in [0.25, 0.3) is 11.1 Å². The van der Waals surface area contributed by atoms with Crippen LogP contribution in [0.1, 0.15) is 5.56 Å². The maximum Gasteiger partial charge on any atom is 0.279 e. The Hall–Kier alpha value is -3.31. The summed E-state index contributed by atoms with van der Waals surface area (Å²) in [6.45, 7) is 1.39. The largest absolute Gasteiger partial charge is 0.454 e. The van der Waals surface area contributed by atoms with Gasteiger partial charge in [0.2, 0.25) is 6.79 Å². The molecule has 1 aliphatic heterocycles. The van der Waals surface area contributed by atoms with Gasteiger partial charge in [0.05, 0.1) is 7.05 Å². The Balaban J connectivity index is 1.31. The highest BCUT2D eigenvalue weighted by atomic mass is 16.7. The number of likely N-dealkylation sites (N-methyl/N-ethyl adjacent to an activating group) is 1. The molecule has 1 heterocycles. The second kappa shape index (κ2) is 8.15. The van der Waals surface area contributed by atoms with Gasteiger partial charge < -0.3 is 19.7 Å². The molecular weight excluding hydrogens is 352 g/mol. The third-order valence-electron chi connectivity index (χ3n) is 4.68. The van der Waals surface area contributed by atoms with E-state index in [1.807, 2.05) is 67.7 Å². The van der Waals surface area contributed by atoms with E-state index in [1.54, 1.807) is 0 Å². The van der Waals surface area contributed by atoms with E-state index in [-0.39, 0.29) is 12.7 Å². The van der Waals surface area contributed by atoms with Gasteiger partial charge in [-0.3, -0.25) is 4.79 Å². The molecule has 0 saturated heterocycles. The lowest BCUT2D eigenvalue weighted by atomic mass is 10.1. The third-order valence-corrected chi connectivity index (χ3v) is 4.68. The van der Waals surface area contributed by atoms with Crippen molar-refractivity contribution in [1.82, 2.24) is 0 Å². The zero-order valence-corrected chi connectivity index (χ0v) is 15.8. The molecule has 0 aliphatic carbocycles. The molecule has 1 atom stereocenters. The predicted molar refractivity (Wildman–Crippen MR) is 109 cm³/mol. The van der Waals surface area contributed by atoms with Crippen molar-refractivity contribution in [3.63, 3.8) is 0 Å². The number of anilines is 1. The van der Waals surface area contributed by atoms with Crippen LogP contribution in [0.2, 0.25) is 0 Å². The fraction of sp³-hybridized carbons (Fsp3) is 0.174. The highest BCUT2D eigenvalue weighted by Gasteiger charge is 2.16. The van der Waals surface area contributed by atoms with Crippen LogP contribution in [0.4, 0.5) is 5.69 Å². The number of fused-ring (bicyclic) bond motifs is 1. The number of hydrogen-bond acceptors (Lipinski definition) is 3. The molecule has 1 amide bonds. The minimum Gasteiger partial charge on any atom is -0.454 e. The number of hydrogen-bond donors (Lipinski definition) is 2. The Morgan fingerprint density at radius 2 is 1.64 bits per heavy atom. The van der Waals surface area contributed by atoms with Crippen molar-refractivity contribution >= 4 is 11.6 Å². The minimum atomic E-state index is -0.00861. The molecule has 3 aromatic carbocycles. The fourth-order valence-corrected chi connectivity index (χ4v) is 3.32. The van der Waals surface area contributed by atoms with Crippen molar-refractivity contribution in [3.8, 4) is 22.6 Å². The average molecular weight is 375 g/mol. The highest BCUT2D eigenvalue weighted by Crippen LogP contribution is 2.32. The van der Waals surface area contributed by atoms with Gasteiger partial charge in [0.1, 0.15) is 6.54 Å². The summed E-state index contributed by atoms with van der Waals surface area (Å²) >= 11 is 0. The number of quaternary nitrogens is 1. The maximum atomic E-state index is 12.4. The summed E-state index contributed by atoms with van der Waals surface area (Å²) < 4.78 is 10.7. The Labute approximate surface area is 164 Å². The monoisotopic (exact) mass is 375 g/mol. The van der Waals surface area contributed by atoms with Crippen molar-refractivity contribution in [2.45, 2.75) is 6.54 Å². The standard InChI is InChI=1S/C23H22N2O3/c1-25(14-17-7-12-21-22(13-17)28-16-27-21)15-23(26)24-20-10-8-19(9-11-20)18-5-3-2-4-6-18/h2-13H,14-16H2,1H3,(H,24,26)/p+1. The van der Waals surface area contributed by atoms with E-state index in [9.17, 15) is 4.79 Å². The molecule has 28 heavy (non-hydrogen) atoms. The smallest absolute Gasteiger partial charge is 0.279 e. The first kappa shape index (κ1) is 18.1. The molecule has 5 heteroatoms. The molecule has 0 radical (unpaired) electrons. The molecule has 142 valence electrons. The van der Waals surface area contributed by atoms with Crippen molar-refractivity contribution in [2.75, 3.05) is 25.7 Å². The minimum absolute atomic E-state index is 0.00861. The molecule has 1 aliphatic rings. The zero-order valence-electron chi connectivity index (χ0n) is 15.8. The first-order chi connectivity index (χ1) is 13.7. The maximum absolute atomic E-state index is 12.4. The Bertz CT molecular complexity index is 955. The van der Waals surface area contributed by atoms with Gasteiger partial charge in [-0.15, -0.1) is 0 Å². The van der Waals surface area contributed by atoms with Crippen molar-refractivity contribution in [3.05, 3.63) is 78.4 Å². The molecule has 0 spiro atoms. The van der Waals surface area contributed by atoms with Crippen LogP contribution in [0.5, 0.6) is 11.5 Å². The van der Waals surface area contributed by atoms with Crippen LogP contribution in [0.15, 0.2) is 72.8 Å². The van der Waals surface area contributed by atoms with Gasteiger partial charge >= 0.3 is 0 Å². The van der Waals surface area contributed by atoms with Crippen molar-refractivity contribution in [2.24, 2.45) is 0 Å². The van der Waals surface area contributed by atoms with Crippen LogP contribution >= 0.6 is 0 Å². The molecule has 4 rings (SSSR count). The molecule has 0 aromatic heterocycles. The van der Waals surface area contributed by atoms with Crippen molar-refractivity contribution < 1.29 is 19.2 Å². The van der Waals surface area contributed by atoms with Crippen LogP contribution in [-0.2, 0) is 11.3 Å². The van der Waals surface area contributed by atoms with E-state index in [1.165, 1.54) is 0 Å². The van der Waals surface area contributed by atoms with E-state index < -0.39 is 0 Å². The Morgan fingerprint density at radius 3 is 2.43 bits per heavy atom. The molecule has 1 unspecified atom stereocenters. The number of nitrogens with one attached hydrogen (secondary N) is 2. The summed E-state index contributed by atoms with van der Waals surface area (Å²) in [4.78, 5) is 13.5. The van der Waals surface area contributed by atoms with Gasteiger partial charge in [-0.1, -0.05) is 42.5 Å². The van der Waals surface area contributed by atoms with Gasteiger partial charge in [-0.25, -0.2) is 0 Å². The molecule has 5 nitrogen and oxygen atoms in total. The lowest BCUT2D eigenvalue weighted by Crippen LogP contribution is -3.08. The molecule has 0 bridgehead atoms. The van der Waals surface area contributed by atoms with E-state index in [4.69, 9.17) is 9.47 Å². The van der Waals surface area contributed by atoms with Crippen molar-refractivity contribution in [1.29, 1.82) is 0 Å². The fourth-order valence-electron chi connectivity index (χ4n) is 3.32. The zero-order chi connectivity index (χ0) is 19.3. The lowest BCUT2D eigenvalue weighted by Gasteiger charge is -2.14. The quantitative estimate of drug-likeness (QED) is 0.697. The first-order valence-electron chi connectivity index (χ1n) is 9.32. The first-order valence-corrected chi connectivity index (χ1v) is 9.32. The van der Waals surface area contributed by atoms with Crippen LogP contribution in [0, 0.1) is 0 Å². The van der Waals surface area contributed by atoms with Gasteiger partial charge in [0.15, 0.2) is 18.0 Å². The van der Waals surface area contributed by atoms with E-state index in [0.29, 0.717) is 6.54 Å². The molecule has 0 fully saturated rings. The van der Waals surface area contributed by atoms with Gasteiger partial charge in [-0.2, -0.15) is 0 Å². The number of carbonyl (C=O) groups excluding carboxylic acids is 1. The SMILES string of the molecule is C[NH+](CC(=O)Nc1ccc(-c2ccccc2)cc1)Cc1ccc2c(c1)OCO2. The Kier molecular flexibility index (Phi) is 5.26. The summed E-state index contributed by atoms with van der Waals surface area (Å²) in [5.74, 6) is 1.54. The number of carbonyl (C=O) groups is 1. The van der Waals surface area contributed by atoms with Gasteiger partial charge in [0.25, 0.3) is 5.91 Å². The summed E-state index contributed by atoms with van der Waals surface area (Å²) in [7, 11) is 2.00. The van der Waals surface area contributed by atoms with E-state index >= 15 is 0 Å². The predicted octanol–water partition coefficient (Wildman–Crippen LogP) is 2.74. The summed E-state index contributed by atoms with van der Waals surface area (Å²) in [5, 5.41) is 2.97. The highest BCUT2D eigenvalue weighted by molar-refractivity contribution is 5.91. The van der Waals surface area contributed by atoms with E-state index in [2.05, 4.69) is 17.4 Å². The number of rotatable bonds is 6. The average Bonchev–Trinajstić information content (AvgIpc) is 3.17. The van der Waals surface area contributed by atoms with Gasteiger partial charge in [-0.05, 0) is 41.5 Å². The number of ether oxygens (including phenoxy) is 2. The third kappa shape index (κ3) is 4.32. The second-order valence-corrected chi connectivity index (χ2v) is 6.99. The summed E-state index contributed by atoms with van der Waals surface area (Å²) in [6, 6.07) is 24.0. The molecule has 0 saturated carbocycles. The number of amides is 1. The Morgan fingerprint density at radius 1 is 0.929 bits per heavy atom. The van der Waals surface area contributed by atoms with Crippen LogP contribution < -0.4 is 19.7 Å². The summed E-state index contributed by atoms with van der Waals surface area (Å²) in [6.07, 6.45) is 0. The molecule has 2 N–H and O–H groups in total. The second-order valence-electron chi connectivity index (χ2n) is 6.99. The summed E-state index contributed by atoms with van der Waals surface area (Å²) in [5.41, 5.74) is 4.21. The lowest BCUT2D eigenvalue weighted by molar-refractivity contribution is -0.885. The normalized spacial score (nSPS) is 13.2. The molecule has 3 aromatic rings. The van der Waals surface area contributed by atoms with Gasteiger partial charge in [0, 0.05) is 11.3 Å². The topological polar surface area (TPSA) is 52.0 Å². The number of benzene rings is 3.